The predicted molar refractivity (Wildman–Crippen MR) is 64.3 cm³/mol. The van der Waals surface area contributed by atoms with E-state index < -0.39 is 23.1 Å². The Morgan fingerprint density at radius 3 is 2.61 bits per heavy atom. The van der Waals surface area contributed by atoms with Gasteiger partial charge in [-0.15, -0.1) is 0 Å². The quantitative estimate of drug-likeness (QED) is 0.721. The molecule has 2 fully saturated rings. The van der Waals surface area contributed by atoms with Crippen molar-refractivity contribution in [3.05, 3.63) is 0 Å². The second-order valence-electron chi connectivity index (χ2n) is 6.08. The fourth-order valence-electron chi connectivity index (χ4n) is 2.68. The third-order valence-electron chi connectivity index (χ3n) is 3.58. The van der Waals surface area contributed by atoms with E-state index in [1.807, 2.05) is 0 Å². The highest BCUT2D eigenvalue weighted by Gasteiger charge is 2.56. The van der Waals surface area contributed by atoms with Gasteiger partial charge in [-0.05, 0) is 33.7 Å². The molecule has 2 aliphatic rings. The number of hydrogen-bond donors (Lipinski definition) is 2. The highest BCUT2D eigenvalue weighted by molar-refractivity contribution is 5.79. The van der Waals surface area contributed by atoms with Gasteiger partial charge < -0.3 is 20.1 Å². The number of amides is 1. The van der Waals surface area contributed by atoms with E-state index in [0.29, 0.717) is 19.5 Å². The number of likely N-dealkylation sites (tertiary alicyclic amines) is 1. The van der Waals surface area contributed by atoms with Gasteiger partial charge in [-0.25, -0.2) is 4.79 Å². The number of hydrogen-bond acceptors (Lipinski definition) is 4. The summed E-state index contributed by atoms with van der Waals surface area (Å²) < 4.78 is 5.28. The molecule has 2 N–H and O–H groups in total. The molecule has 0 radical (unpaired) electrons. The predicted octanol–water partition coefficient (Wildman–Crippen LogP) is 0.670. The van der Waals surface area contributed by atoms with E-state index in [0.717, 1.165) is 0 Å². The number of carboxylic acid groups (broad SMARTS) is 1. The number of carbonyl (C=O) groups excluding carboxylic acids is 1. The average Bonchev–Trinajstić information content (AvgIpc) is 2.69. The molecule has 0 aliphatic carbocycles. The van der Waals surface area contributed by atoms with Crippen molar-refractivity contribution in [2.45, 2.75) is 38.8 Å². The summed E-state index contributed by atoms with van der Waals surface area (Å²) >= 11 is 0. The van der Waals surface area contributed by atoms with Crippen molar-refractivity contribution in [3.8, 4) is 0 Å². The van der Waals surface area contributed by atoms with Crippen molar-refractivity contribution in [1.82, 2.24) is 10.2 Å². The molecule has 6 nitrogen and oxygen atoms in total. The zero-order valence-corrected chi connectivity index (χ0v) is 11.0. The number of ether oxygens (including phenoxy) is 1. The molecular weight excluding hydrogens is 236 g/mol. The van der Waals surface area contributed by atoms with Crippen LogP contribution in [0.2, 0.25) is 0 Å². The van der Waals surface area contributed by atoms with Crippen LogP contribution in [-0.4, -0.2) is 53.3 Å². The Morgan fingerprint density at radius 2 is 2.11 bits per heavy atom. The van der Waals surface area contributed by atoms with Crippen LogP contribution in [0.4, 0.5) is 4.79 Å². The minimum absolute atomic E-state index is 0.164. The lowest BCUT2D eigenvalue weighted by atomic mass is 9.83. The Balaban J connectivity index is 2.08. The molecule has 102 valence electrons. The molecule has 0 aromatic rings. The summed E-state index contributed by atoms with van der Waals surface area (Å²) in [6.07, 6.45) is 0.131. The Kier molecular flexibility index (Phi) is 3.01. The van der Waals surface area contributed by atoms with Crippen molar-refractivity contribution in [1.29, 1.82) is 0 Å². The maximum Gasteiger partial charge on any atom is 0.410 e. The van der Waals surface area contributed by atoms with E-state index >= 15 is 0 Å². The summed E-state index contributed by atoms with van der Waals surface area (Å²) in [6.45, 7) is 6.72. The van der Waals surface area contributed by atoms with Crippen LogP contribution in [0.1, 0.15) is 27.2 Å². The average molecular weight is 256 g/mol. The van der Waals surface area contributed by atoms with Gasteiger partial charge in [0.1, 0.15) is 11.0 Å². The highest BCUT2D eigenvalue weighted by Crippen LogP contribution is 2.38. The van der Waals surface area contributed by atoms with Crippen molar-refractivity contribution in [3.63, 3.8) is 0 Å². The fraction of sp³-hybridized carbons (Fsp3) is 0.833. The molecule has 18 heavy (non-hydrogen) atoms. The number of rotatable bonds is 1. The Bertz CT molecular complexity index is 377. The second-order valence-corrected chi connectivity index (χ2v) is 6.08. The number of nitrogens with zero attached hydrogens (tertiary/aromatic N) is 1. The molecule has 0 aromatic heterocycles. The van der Waals surface area contributed by atoms with E-state index in [1.165, 1.54) is 4.90 Å². The first-order valence-electron chi connectivity index (χ1n) is 6.19. The first-order chi connectivity index (χ1) is 8.24. The van der Waals surface area contributed by atoms with Gasteiger partial charge in [-0.2, -0.15) is 0 Å². The summed E-state index contributed by atoms with van der Waals surface area (Å²) in [5.41, 5.74) is -1.39. The zero-order valence-electron chi connectivity index (χ0n) is 11.0. The molecule has 2 aliphatic heterocycles. The SMILES string of the molecule is CC(C)(C)OC(=O)N1CC2NCCC2(C(=O)O)C1. The largest absolute Gasteiger partial charge is 0.481 e. The lowest BCUT2D eigenvalue weighted by Crippen LogP contribution is -2.41. The van der Waals surface area contributed by atoms with Crippen molar-refractivity contribution in [2.75, 3.05) is 19.6 Å². The van der Waals surface area contributed by atoms with Gasteiger partial charge in [0.05, 0.1) is 0 Å². The van der Waals surface area contributed by atoms with Crippen LogP contribution in [0, 0.1) is 5.41 Å². The smallest absolute Gasteiger partial charge is 0.410 e. The summed E-state index contributed by atoms with van der Waals surface area (Å²) in [7, 11) is 0. The second kappa shape index (κ2) is 4.12. The summed E-state index contributed by atoms with van der Waals surface area (Å²) in [5.74, 6) is -0.830. The van der Waals surface area contributed by atoms with Crippen LogP contribution in [-0.2, 0) is 9.53 Å². The highest BCUT2D eigenvalue weighted by atomic mass is 16.6. The molecule has 6 heteroatoms. The van der Waals surface area contributed by atoms with Crippen LogP contribution in [0.15, 0.2) is 0 Å². The van der Waals surface area contributed by atoms with Gasteiger partial charge in [0.15, 0.2) is 0 Å². The number of carbonyl (C=O) groups is 2. The molecule has 2 heterocycles. The minimum Gasteiger partial charge on any atom is -0.481 e. The lowest BCUT2D eigenvalue weighted by Gasteiger charge is -2.26. The third-order valence-corrected chi connectivity index (χ3v) is 3.58. The zero-order chi connectivity index (χ0) is 13.6. The lowest BCUT2D eigenvalue weighted by molar-refractivity contribution is -0.148. The van der Waals surface area contributed by atoms with Gasteiger partial charge in [-0.1, -0.05) is 0 Å². The summed E-state index contributed by atoms with van der Waals surface area (Å²) in [6, 6.07) is -0.164. The van der Waals surface area contributed by atoms with Crippen molar-refractivity contribution in [2.24, 2.45) is 5.41 Å². The Labute approximate surface area is 106 Å². The number of carboxylic acids is 1. The molecule has 0 bridgehead atoms. The normalized spacial score (nSPS) is 31.3. The van der Waals surface area contributed by atoms with Gasteiger partial charge in [-0.3, -0.25) is 4.79 Å². The topological polar surface area (TPSA) is 78.9 Å². The molecule has 0 aromatic carbocycles. The number of nitrogens with one attached hydrogen (secondary N) is 1. The fourth-order valence-corrected chi connectivity index (χ4v) is 2.68. The Morgan fingerprint density at radius 1 is 1.44 bits per heavy atom. The summed E-state index contributed by atoms with van der Waals surface area (Å²) in [5, 5.41) is 12.5. The van der Waals surface area contributed by atoms with Gasteiger partial charge >= 0.3 is 12.1 Å². The number of fused-ring (bicyclic) bond motifs is 1. The van der Waals surface area contributed by atoms with Crippen LogP contribution in [0.5, 0.6) is 0 Å². The molecule has 2 unspecified atom stereocenters. The van der Waals surface area contributed by atoms with Crippen LogP contribution in [0.25, 0.3) is 0 Å². The maximum absolute atomic E-state index is 11.9. The van der Waals surface area contributed by atoms with Crippen molar-refractivity contribution < 1.29 is 19.4 Å². The van der Waals surface area contributed by atoms with Crippen LogP contribution < -0.4 is 5.32 Å². The minimum atomic E-state index is -0.836. The monoisotopic (exact) mass is 256 g/mol. The van der Waals surface area contributed by atoms with E-state index in [-0.39, 0.29) is 12.6 Å². The van der Waals surface area contributed by atoms with E-state index in [9.17, 15) is 14.7 Å². The molecular formula is C12H20N2O4. The van der Waals surface area contributed by atoms with E-state index in [2.05, 4.69) is 5.32 Å². The van der Waals surface area contributed by atoms with Gasteiger partial charge in [0, 0.05) is 19.1 Å². The summed E-state index contributed by atoms with van der Waals surface area (Å²) in [4.78, 5) is 24.9. The molecule has 1 amide bonds. The van der Waals surface area contributed by atoms with E-state index in [1.54, 1.807) is 20.8 Å². The third kappa shape index (κ3) is 2.16. The molecule has 2 saturated heterocycles. The van der Waals surface area contributed by atoms with Crippen LogP contribution >= 0.6 is 0 Å². The van der Waals surface area contributed by atoms with Gasteiger partial charge in [0.2, 0.25) is 0 Å². The molecule has 0 saturated carbocycles. The number of aliphatic carboxylic acids is 1. The van der Waals surface area contributed by atoms with Gasteiger partial charge in [0.25, 0.3) is 0 Å². The standard InChI is InChI=1S/C12H20N2O4/c1-11(2,3)18-10(17)14-6-8-12(7-14,9(15)16)4-5-13-8/h8,13H,4-7H2,1-3H3,(H,15,16). The Hall–Kier alpha value is -1.30. The molecule has 2 atom stereocenters. The van der Waals surface area contributed by atoms with Crippen LogP contribution in [0.3, 0.4) is 0 Å². The first-order valence-corrected chi connectivity index (χ1v) is 6.19. The molecule has 0 spiro atoms. The van der Waals surface area contributed by atoms with E-state index in [4.69, 9.17) is 4.74 Å². The van der Waals surface area contributed by atoms with Crippen molar-refractivity contribution >= 4 is 12.1 Å². The molecule has 2 rings (SSSR count). The first kappa shape index (κ1) is 13.1. The maximum atomic E-state index is 11.9.